The van der Waals surface area contributed by atoms with Crippen LogP contribution in [-0.4, -0.2) is 36.2 Å². The number of carbonyl (C=O) groups excluding carboxylic acids is 1. The summed E-state index contributed by atoms with van der Waals surface area (Å²) < 4.78 is 10.5. The van der Waals surface area contributed by atoms with Crippen molar-refractivity contribution in [2.24, 2.45) is 0 Å². The average Bonchev–Trinajstić information content (AvgIpc) is 3.09. The molecule has 0 fully saturated rings. The lowest BCUT2D eigenvalue weighted by Crippen LogP contribution is -2.29. The van der Waals surface area contributed by atoms with Gasteiger partial charge in [0.1, 0.15) is 4.88 Å². The van der Waals surface area contributed by atoms with Crippen LogP contribution < -0.4 is 14.8 Å². The van der Waals surface area contributed by atoms with E-state index in [1.807, 2.05) is 6.92 Å². The Morgan fingerprint density at radius 2 is 2.00 bits per heavy atom. The van der Waals surface area contributed by atoms with Crippen LogP contribution in [0.3, 0.4) is 0 Å². The Balaban J connectivity index is 2.23. The van der Waals surface area contributed by atoms with Crippen molar-refractivity contribution in [3.05, 3.63) is 39.8 Å². The van der Waals surface area contributed by atoms with Gasteiger partial charge in [-0.05, 0) is 30.5 Å². The first-order valence-corrected chi connectivity index (χ1v) is 8.99. The highest BCUT2D eigenvalue weighted by Crippen LogP contribution is 2.31. The smallest absolute Gasteiger partial charge is 0.305 e. The third-order valence-electron chi connectivity index (χ3n) is 3.74. The van der Waals surface area contributed by atoms with Crippen LogP contribution in [-0.2, 0) is 11.2 Å². The van der Waals surface area contributed by atoms with Crippen molar-refractivity contribution < 1.29 is 24.2 Å². The van der Waals surface area contributed by atoms with E-state index in [-0.39, 0.29) is 12.3 Å². The molecule has 0 spiro atoms. The van der Waals surface area contributed by atoms with Gasteiger partial charge in [-0.25, -0.2) is 4.98 Å². The van der Waals surface area contributed by atoms with Gasteiger partial charge in [0.15, 0.2) is 11.5 Å². The molecule has 0 radical (unpaired) electrons. The normalized spacial score (nSPS) is 11.7. The highest BCUT2D eigenvalue weighted by Gasteiger charge is 2.21. The van der Waals surface area contributed by atoms with Gasteiger partial charge in [0, 0.05) is 0 Å². The first-order valence-electron chi connectivity index (χ1n) is 8.17. The molecule has 2 N–H and O–H groups in total. The summed E-state index contributed by atoms with van der Waals surface area (Å²) in [6.45, 7) is 2.04. The number of benzene rings is 1. The molecule has 8 heteroatoms. The van der Waals surface area contributed by atoms with E-state index < -0.39 is 12.0 Å². The summed E-state index contributed by atoms with van der Waals surface area (Å²) in [5.74, 6) is -0.354. The number of nitrogens with one attached hydrogen (secondary N) is 1. The number of amides is 1. The molecule has 7 nitrogen and oxygen atoms in total. The zero-order valence-electron chi connectivity index (χ0n) is 14.9. The topological polar surface area (TPSA) is 97.8 Å². The first kappa shape index (κ1) is 19.7. The minimum Gasteiger partial charge on any atom is -0.493 e. The van der Waals surface area contributed by atoms with Gasteiger partial charge >= 0.3 is 5.97 Å². The standard InChI is InChI=1S/C18H22N2O5S/c1-4-5-16-19-10-15(26-16)18(23)20-12(9-17(21)22)11-6-7-13(24-2)14(8-11)25-3/h6-8,10,12H,4-5,9H2,1-3H3,(H,20,23)(H,21,22). The molecule has 2 rings (SSSR count). The van der Waals surface area contributed by atoms with Gasteiger partial charge in [0.05, 0.1) is 37.9 Å². The van der Waals surface area contributed by atoms with Crippen LogP contribution in [0.15, 0.2) is 24.4 Å². The molecule has 1 aromatic carbocycles. The minimum absolute atomic E-state index is 0.248. The summed E-state index contributed by atoms with van der Waals surface area (Å²) in [6.07, 6.45) is 3.04. The zero-order valence-corrected chi connectivity index (χ0v) is 15.8. The molecule has 1 heterocycles. The van der Waals surface area contributed by atoms with Crippen molar-refractivity contribution >= 4 is 23.2 Å². The number of rotatable bonds is 9. The molecular weight excluding hydrogens is 356 g/mol. The van der Waals surface area contributed by atoms with E-state index >= 15 is 0 Å². The fourth-order valence-corrected chi connectivity index (χ4v) is 3.39. The molecule has 2 aromatic rings. The number of ether oxygens (including phenoxy) is 2. The number of hydrogen-bond acceptors (Lipinski definition) is 6. The van der Waals surface area contributed by atoms with Gasteiger partial charge in [0.2, 0.25) is 0 Å². The van der Waals surface area contributed by atoms with Crippen molar-refractivity contribution in [3.8, 4) is 11.5 Å². The summed E-state index contributed by atoms with van der Waals surface area (Å²) in [5, 5.41) is 12.9. The molecule has 0 aliphatic rings. The second-order valence-corrected chi connectivity index (χ2v) is 6.72. The van der Waals surface area contributed by atoms with Crippen molar-refractivity contribution in [2.45, 2.75) is 32.2 Å². The maximum atomic E-state index is 12.5. The number of aromatic nitrogens is 1. The van der Waals surface area contributed by atoms with Gasteiger partial charge in [0.25, 0.3) is 5.91 Å². The minimum atomic E-state index is -1.01. The first-order chi connectivity index (χ1) is 12.5. The van der Waals surface area contributed by atoms with Crippen LogP contribution in [0.1, 0.15) is 46.0 Å². The van der Waals surface area contributed by atoms with E-state index in [0.717, 1.165) is 17.8 Å². The molecule has 1 aromatic heterocycles. The van der Waals surface area contributed by atoms with Crippen LogP contribution >= 0.6 is 11.3 Å². The van der Waals surface area contributed by atoms with Crippen LogP contribution in [0.2, 0.25) is 0 Å². The van der Waals surface area contributed by atoms with Crippen molar-refractivity contribution in [1.29, 1.82) is 0 Å². The lowest BCUT2D eigenvalue weighted by atomic mass is 10.0. The summed E-state index contributed by atoms with van der Waals surface area (Å²) in [4.78, 5) is 28.5. The van der Waals surface area contributed by atoms with Gasteiger partial charge in [-0.2, -0.15) is 0 Å². The van der Waals surface area contributed by atoms with E-state index in [0.29, 0.717) is 21.9 Å². The third-order valence-corrected chi connectivity index (χ3v) is 4.79. The molecule has 0 saturated heterocycles. The number of methoxy groups -OCH3 is 2. The van der Waals surface area contributed by atoms with E-state index in [1.165, 1.54) is 31.8 Å². The predicted molar refractivity (Wildman–Crippen MR) is 98.1 cm³/mol. The molecule has 0 saturated carbocycles. The zero-order chi connectivity index (χ0) is 19.1. The summed E-state index contributed by atoms with van der Waals surface area (Å²) in [7, 11) is 3.02. The molecule has 1 amide bonds. The quantitative estimate of drug-likeness (QED) is 0.696. The largest absolute Gasteiger partial charge is 0.493 e. The Morgan fingerprint density at radius 1 is 1.27 bits per heavy atom. The number of aliphatic carboxylic acids is 1. The lowest BCUT2D eigenvalue weighted by molar-refractivity contribution is -0.137. The molecule has 0 bridgehead atoms. The second-order valence-electron chi connectivity index (χ2n) is 5.61. The number of carboxylic acid groups (broad SMARTS) is 1. The van der Waals surface area contributed by atoms with Gasteiger partial charge in [-0.3, -0.25) is 9.59 Å². The van der Waals surface area contributed by atoms with Crippen molar-refractivity contribution in [3.63, 3.8) is 0 Å². The predicted octanol–water partition coefficient (Wildman–Crippen LogP) is 3.06. The maximum Gasteiger partial charge on any atom is 0.305 e. The molecule has 0 aliphatic carbocycles. The number of carboxylic acids is 1. The van der Waals surface area contributed by atoms with Crippen LogP contribution in [0.5, 0.6) is 11.5 Å². The molecule has 1 unspecified atom stereocenters. The highest BCUT2D eigenvalue weighted by atomic mass is 32.1. The monoisotopic (exact) mass is 378 g/mol. The second kappa shape index (κ2) is 9.19. The molecule has 26 heavy (non-hydrogen) atoms. The fourth-order valence-electron chi connectivity index (χ4n) is 2.47. The Hall–Kier alpha value is -2.61. The Morgan fingerprint density at radius 3 is 2.62 bits per heavy atom. The van der Waals surface area contributed by atoms with Crippen molar-refractivity contribution in [2.75, 3.05) is 14.2 Å². The lowest BCUT2D eigenvalue weighted by Gasteiger charge is -2.18. The molecule has 1 atom stereocenters. The SMILES string of the molecule is CCCc1ncc(C(=O)NC(CC(=O)O)c2ccc(OC)c(OC)c2)s1. The summed E-state index contributed by atoms with van der Waals surface area (Å²) >= 11 is 1.32. The van der Waals surface area contributed by atoms with E-state index in [2.05, 4.69) is 10.3 Å². The van der Waals surface area contributed by atoms with Gasteiger partial charge in [-0.15, -0.1) is 11.3 Å². The van der Waals surface area contributed by atoms with Crippen LogP contribution in [0.25, 0.3) is 0 Å². The Bertz CT molecular complexity index is 775. The fraction of sp³-hybridized carbons (Fsp3) is 0.389. The van der Waals surface area contributed by atoms with E-state index in [9.17, 15) is 14.7 Å². The number of aryl methyl sites for hydroxylation is 1. The average molecular weight is 378 g/mol. The Kier molecular flexibility index (Phi) is 6.97. The summed E-state index contributed by atoms with van der Waals surface area (Å²) in [6, 6.07) is 4.37. The number of hydrogen-bond donors (Lipinski definition) is 2. The van der Waals surface area contributed by atoms with E-state index in [1.54, 1.807) is 18.2 Å². The number of nitrogens with zero attached hydrogens (tertiary/aromatic N) is 1. The van der Waals surface area contributed by atoms with Crippen LogP contribution in [0.4, 0.5) is 0 Å². The number of carbonyl (C=O) groups is 2. The molecule has 140 valence electrons. The molecular formula is C18H22N2O5S. The summed E-state index contributed by atoms with van der Waals surface area (Å²) in [5.41, 5.74) is 0.622. The molecule has 0 aliphatic heterocycles. The Labute approximate surface area is 156 Å². The van der Waals surface area contributed by atoms with Gasteiger partial charge in [-0.1, -0.05) is 13.0 Å². The van der Waals surface area contributed by atoms with Crippen LogP contribution in [0, 0.1) is 0 Å². The number of thiazole rings is 1. The third kappa shape index (κ3) is 4.95. The van der Waals surface area contributed by atoms with E-state index in [4.69, 9.17) is 9.47 Å². The maximum absolute atomic E-state index is 12.5. The van der Waals surface area contributed by atoms with Crippen molar-refractivity contribution in [1.82, 2.24) is 10.3 Å². The highest BCUT2D eigenvalue weighted by molar-refractivity contribution is 7.13. The van der Waals surface area contributed by atoms with Gasteiger partial charge < -0.3 is 19.9 Å².